The maximum Gasteiger partial charge on any atom is 0.257 e. The monoisotopic (exact) mass is 356 g/mol. The molecule has 1 aliphatic heterocycles. The van der Waals surface area contributed by atoms with Crippen molar-refractivity contribution in [1.29, 1.82) is 0 Å². The Bertz CT molecular complexity index is 669. The van der Waals surface area contributed by atoms with Gasteiger partial charge in [0, 0.05) is 33.4 Å². The minimum Gasteiger partial charge on any atom is -0.496 e. The number of amides is 1. The standard InChI is InChI=1S/C16H24N2O5S/c1-22-11-5-8-17-24(20,21)13-6-7-15(23-2)14(12-13)16(19)18-9-3-4-10-18/h6-7,12,17H,3-5,8-11H2,1-2H3. The van der Waals surface area contributed by atoms with Crippen LogP contribution in [0, 0.1) is 0 Å². The number of carbonyl (C=O) groups is 1. The molecule has 0 atom stereocenters. The summed E-state index contributed by atoms with van der Waals surface area (Å²) in [6.07, 6.45) is 2.51. The Morgan fingerprint density at radius 3 is 2.58 bits per heavy atom. The number of ether oxygens (including phenoxy) is 2. The van der Waals surface area contributed by atoms with Gasteiger partial charge in [0.15, 0.2) is 0 Å². The second kappa shape index (κ2) is 8.46. The Morgan fingerprint density at radius 1 is 1.25 bits per heavy atom. The van der Waals surface area contributed by atoms with Crippen molar-refractivity contribution < 1.29 is 22.7 Å². The summed E-state index contributed by atoms with van der Waals surface area (Å²) in [7, 11) is -0.648. The smallest absolute Gasteiger partial charge is 0.257 e. The van der Waals surface area contributed by atoms with Crippen LogP contribution >= 0.6 is 0 Å². The minimum absolute atomic E-state index is 0.0586. The highest BCUT2D eigenvalue weighted by Crippen LogP contribution is 2.25. The highest BCUT2D eigenvalue weighted by atomic mass is 32.2. The molecule has 24 heavy (non-hydrogen) atoms. The van der Waals surface area contributed by atoms with Crippen LogP contribution in [0.3, 0.4) is 0 Å². The van der Waals surface area contributed by atoms with Crippen molar-refractivity contribution in [2.45, 2.75) is 24.2 Å². The van der Waals surface area contributed by atoms with E-state index >= 15 is 0 Å². The molecule has 1 heterocycles. The van der Waals surface area contributed by atoms with Crippen LogP contribution in [0.15, 0.2) is 23.1 Å². The quantitative estimate of drug-likeness (QED) is 0.709. The van der Waals surface area contributed by atoms with Gasteiger partial charge in [-0.15, -0.1) is 0 Å². The number of hydrogen-bond donors (Lipinski definition) is 1. The van der Waals surface area contributed by atoms with Crippen LogP contribution in [-0.2, 0) is 14.8 Å². The van der Waals surface area contributed by atoms with Gasteiger partial charge >= 0.3 is 0 Å². The van der Waals surface area contributed by atoms with Gasteiger partial charge in [0.1, 0.15) is 5.75 Å². The van der Waals surface area contributed by atoms with E-state index in [0.29, 0.717) is 31.9 Å². The van der Waals surface area contributed by atoms with Gasteiger partial charge in [0.05, 0.1) is 17.6 Å². The molecule has 8 heteroatoms. The molecule has 0 bridgehead atoms. The molecule has 1 saturated heterocycles. The van der Waals surface area contributed by atoms with E-state index in [9.17, 15) is 13.2 Å². The van der Waals surface area contributed by atoms with Crippen LogP contribution in [0.4, 0.5) is 0 Å². The lowest BCUT2D eigenvalue weighted by molar-refractivity contribution is 0.0789. The number of nitrogens with zero attached hydrogens (tertiary/aromatic N) is 1. The highest BCUT2D eigenvalue weighted by Gasteiger charge is 2.25. The van der Waals surface area contributed by atoms with E-state index in [4.69, 9.17) is 9.47 Å². The molecule has 0 saturated carbocycles. The number of nitrogens with one attached hydrogen (secondary N) is 1. The Morgan fingerprint density at radius 2 is 1.96 bits per heavy atom. The first-order valence-corrected chi connectivity index (χ1v) is 9.44. The van der Waals surface area contributed by atoms with Crippen LogP contribution in [0.5, 0.6) is 5.75 Å². The third-order valence-corrected chi connectivity index (χ3v) is 5.38. The molecule has 1 fully saturated rings. The molecule has 7 nitrogen and oxygen atoms in total. The fourth-order valence-electron chi connectivity index (χ4n) is 2.62. The molecule has 0 aromatic heterocycles. The van der Waals surface area contributed by atoms with Gasteiger partial charge in [-0.05, 0) is 37.5 Å². The van der Waals surface area contributed by atoms with E-state index in [2.05, 4.69) is 4.72 Å². The number of carbonyl (C=O) groups excluding carboxylic acids is 1. The predicted octanol–water partition coefficient (Wildman–Crippen LogP) is 1.25. The Balaban J connectivity index is 2.22. The van der Waals surface area contributed by atoms with E-state index < -0.39 is 10.0 Å². The average molecular weight is 356 g/mol. The van der Waals surface area contributed by atoms with Crippen molar-refractivity contribution in [3.63, 3.8) is 0 Å². The van der Waals surface area contributed by atoms with E-state index in [1.165, 1.54) is 25.3 Å². The van der Waals surface area contributed by atoms with Crippen LogP contribution in [0.25, 0.3) is 0 Å². The number of rotatable bonds is 8. The lowest BCUT2D eigenvalue weighted by Crippen LogP contribution is -2.29. The first-order valence-electron chi connectivity index (χ1n) is 7.95. The topological polar surface area (TPSA) is 84.9 Å². The summed E-state index contributed by atoms with van der Waals surface area (Å²) in [6, 6.07) is 4.35. The second-order valence-electron chi connectivity index (χ2n) is 5.61. The fourth-order valence-corrected chi connectivity index (χ4v) is 3.72. The fraction of sp³-hybridized carbons (Fsp3) is 0.562. The molecular weight excluding hydrogens is 332 g/mol. The molecule has 0 aliphatic carbocycles. The normalized spacial score (nSPS) is 14.8. The highest BCUT2D eigenvalue weighted by molar-refractivity contribution is 7.89. The summed E-state index contributed by atoms with van der Waals surface area (Å²) >= 11 is 0. The van der Waals surface area contributed by atoms with Crippen molar-refractivity contribution >= 4 is 15.9 Å². The predicted molar refractivity (Wildman–Crippen MR) is 89.8 cm³/mol. The molecule has 0 spiro atoms. The van der Waals surface area contributed by atoms with E-state index in [1.54, 1.807) is 12.0 Å². The number of hydrogen-bond acceptors (Lipinski definition) is 5. The third-order valence-electron chi connectivity index (χ3n) is 3.92. The molecule has 0 radical (unpaired) electrons. The van der Waals surface area contributed by atoms with Gasteiger partial charge in [0.25, 0.3) is 5.91 Å². The van der Waals surface area contributed by atoms with Crippen molar-refractivity contribution in [3.05, 3.63) is 23.8 Å². The molecule has 1 aromatic carbocycles. The van der Waals surface area contributed by atoms with E-state index in [1.807, 2.05) is 0 Å². The average Bonchev–Trinajstić information content (AvgIpc) is 3.12. The summed E-state index contributed by atoms with van der Waals surface area (Å²) in [5.74, 6) is 0.186. The zero-order chi connectivity index (χ0) is 17.6. The van der Waals surface area contributed by atoms with Crippen molar-refractivity contribution in [2.24, 2.45) is 0 Å². The van der Waals surface area contributed by atoms with Crippen molar-refractivity contribution in [2.75, 3.05) is 40.5 Å². The molecule has 1 N–H and O–H groups in total. The third kappa shape index (κ3) is 4.46. The van der Waals surface area contributed by atoms with Gasteiger partial charge in [-0.25, -0.2) is 13.1 Å². The van der Waals surface area contributed by atoms with Gasteiger partial charge in [-0.1, -0.05) is 0 Å². The van der Waals surface area contributed by atoms with Gasteiger partial charge in [0.2, 0.25) is 10.0 Å². The van der Waals surface area contributed by atoms with Crippen molar-refractivity contribution in [3.8, 4) is 5.75 Å². The molecule has 1 aliphatic rings. The van der Waals surface area contributed by atoms with Crippen LogP contribution < -0.4 is 9.46 Å². The van der Waals surface area contributed by atoms with Crippen molar-refractivity contribution in [1.82, 2.24) is 9.62 Å². The zero-order valence-corrected chi connectivity index (χ0v) is 14.9. The molecule has 1 aromatic rings. The molecule has 2 rings (SSSR count). The van der Waals surface area contributed by atoms with Gasteiger partial charge < -0.3 is 14.4 Å². The number of sulfonamides is 1. The zero-order valence-electron chi connectivity index (χ0n) is 14.1. The Labute approximate surface area is 143 Å². The summed E-state index contributed by atoms with van der Waals surface area (Å²) < 4.78 is 37.4. The first kappa shape index (κ1) is 18.7. The summed E-state index contributed by atoms with van der Waals surface area (Å²) in [5, 5.41) is 0. The number of benzene rings is 1. The Hall–Kier alpha value is -1.64. The number of likely N-dealkylation sites (tertiary alicyclic amines) is 1. The van der Waals surface area contributed by atoms with Crippen LogP contribution in [0.1, 0.15) is 29.6 Å². The summed E-state index contributed by atoms with van der Waals surface area (Å²) in [6.45, 7) is 2.13. The maximum absolute atomic E-state index is 12.6. The molecule has 1 amide bonds. The second-order valence-corrected chi connectivity index (χ2v) is 7.37. The summed E-state index contributed by atoms with van der Waals surface area (Å²) in [4.78, 5) is 14.4. The van der Waals surface area contributed by atoms with E-state index in [0.717, 1.165) is 12.8 Å². The lowest BCUT2D eigenvalue weighted by Gasteiger charge is -2.18. The van der Waals surface area contributed by atoms with E-state index in [-0.39, 0.29) is 22.9 Å². The lowest BCUT2D eigenvalue weighted by atomic mass is 10.1. The van der Waals surface area contributed by atoms with Crippen LogP contribution in [0.2, 0.25) is 0 Å². The van der Waals surface area contributed by atoms with Gasteiger partial charge in [-0.3, -0.25) is 4.79 Å². The van der Waals surface area contributed by atoms with Crippen LogP contribution in [-0.4, -0.2) is 59.7 Å². The molecule has 0 unspecified atom stereocenters. The SMILES string of the molecule is COCCCNS(=O)(=O)c1ccc(OC)c(C(=O)N2CCCC2)c1. The Kier molecular flexibility index (Phi) is 6.59. The maximum atomic E-state index is 12.6. The largest absolute Gasteiger partial charge is 0.496 e. The minimum atomic E-state index is -3.68. The molecular formula is C16H24N2O5S. The first-order chi connectivity index (χ1) is 11.5. The summed E-state index contributed by atoms with van der Waals surface area (Å²) in [5.41, 5.74) is 0.277. The molecule has 134 valence electrons. The number of methoxy groups -OCH3 is 2. The van der Waals surface area contributed by atoms with Gasteiger partial charge in [-0.2, -0.15) is 0 Å².